The molecule has 0 saturated carbocycles. The molecule has 0 amide bonds. The minimum absolute atomic E-state index is 0.0712. The average Bonchev–Trinajstić information content (AvgIpc) is 2.40. The van der Waals surface area contributed by atoms with Gasteiger partial charge in [0.25, 0.3) is 0 Å². The number of aromatic nitrogens is 1. The van der Waals surface area contributed by atoms with E-state index in [-0.39, 0.29) is 12.1 Å². The fourth-order valence-corrected chi connectivity index (χ4v) is 5.92. The summed E-state index contributed by atoms with van der Waals surface area (Å²) in [5, 5.41) is 9.96. The number of β-amino-alcohol motifs (C(OH)–C–C–N with tert-alkyl or cyclic N) is 1. The molecule has 4 nitrogen and oxygen atoms in total. The summed E-state index contributed by atoms with van der Waals surface area (Å²) in [7, 11) is 0. The van der Waals surface area contributed by atoms with Crippen LogP contribution in [0.5, 0.6) is 0 Å². The molecule has 1 aromatic heterocycles. The Bertz CT molecular complexity index is 349. The third kappa shape index (κ3) is 3.91. The summed E-state index contributed by atoms with van der Waals surface area (Å²) in [6.45, 7) is 3.98. The van der Waals surface area contributed by atoms with Gasteiger partial charge in [0.1, 0.15) is 0 Å². The van der Waals surface area contributed by atoms with Gasteiger partial charge in [0, 0.05) is 0 Å². The van der Waals surface area contributed by atoms with Crippen LogP contribution in [-0.4, -0.2) is 59.9 Å². The number of hydrogen-bond acceptors (Lipinski definition) is 4. The molecular weight excluding hydrogens is 321 g/mol. The molecule has 92 valence electrons. The molecule has 0 aliphatic carbocycles. The molecule has 3 N–H and O–H groups in total. The number of aliphatic hydroxyl groups is 1. The third-order valence-corrected chi connectivity index (χ3v) is 6.49. The fourth-order valence-electron chi connectivity index (χ4n) is 2.19. The van der Waals surface area contributed by atoms with Crippen LogP contribution < -0.4 is 9.44 Å². The summed E-state index contributed by atoms with van der Waals surface area (Å²) in [5.74, 6) is 0.562. The molecule has 0 unspecified atom stereocenters. The van der Waals surface area contributed by atoms with Crippen molar-refractivity contribution < 1.29 is 5.11 Å². The van der Waals surface area contributed by atoms with E-state index in [9.17, 15) is 5.11 Å². The molecule has 0 bridgehead atoms. The van der Waals surface area contributed by atoms with E-state index in [1.54, 1.807) is 0 Å². The van der Waals surface area contributed by atoms with E-state index in [0.29, 0.717) is 12.5 Å². The van der Waals surface area contributed by atoms with E-state index >= 15 is 0 Å². The molecule has 3 atom stereocenters. The van der Waals surface area contributed by atoms with E-state index in [0.717, 1.165) is 13.0 Å². The van der Waals surface area contributed by atoms with Crippen LogP contribution in [0.3, 0.4) is 0 Å². The van der Waals surface area contributed by atoms with Crippen LogP contribution >= 0.6 is 0 Å². The first-order valence-electron chi connectivity index (χ1n) is 6.01. The van der Waals surface area contributed by atoms with Gasteiger partial charge in [-0.3, -0.25) is 0 Å². The first-order valence-corrected chi connectivity index (χ1v) is 8.72. The van der Waals surface area contributed by atoms with Crippen molar-refractivity contribution in [3.05, 3.63) is 24.4 Å². The second-order valence-electron chi connectivity index (χ2n) is 4.80. The van der Waals surface area contributed by atoms with Crippen LogP contribution in [0.4, 0.5) is 0 Å². The van der Waals surface area contributed by atoms with Crippen molar-refractivity contribution in [2.75, 3.05) is 13.1 Å². The first kappa shape index (κ1) is 13.3. The Balaban J connectivity index is 2.00. The van der Waals surface area contributed by atoms with Crippen molar-refractivity contribution in [1.82, 2.24) is 8.11 Å². The van der Waals surface area contributed by atoms with E-state index in [1.165, 1.54) is 3.71 Å². The van der Waals surface area contributed by atoms with E-state index in [1.807, 2.05) is 18.3 Å². The topological polar surface area (TPSA) is 62.4 Å². The standard InChI is InChI=1S/C7H15N2O.C5H4N.Sn/c1-5-2-6(8)7(10)4-9-3-5;1-2-4-6-5-3-1;/h5-7,10H,2-4,8H2,1H3;1-4H;/q-1;;+1/t5-,6-,7-;;/m0../s1. The zero-order chi connectivity index (χ0) is 12.3. The summed E-state index contributed by atoms with van der Waals surface area (Å²) in [4.78, 5) is 4.39. The van der Waals surface area contributed by atoms with Gasteiger partial charge in [0.05, 0.1) is 0 Å². The van der Waals surface area contributed by atoms with Crippen LogP contribution in [-0.2, 0) is 0 Å². The summed E-state index contributed by atoms with van der Waals surface area (Å²) >= 11 is -0.860. The molecule has 0 spiro atoms. The molecule has 2 heterocycles. The van der Waals surface area contributed by atoms with Gasteiger partial charge in [-0.1, -0.05) is 0 Å². The van der Waals surface area contributed by atoms with Gasteiger partial charge >= 0.3 is 113 Å². The molecular formula is C12H19N3OSn. The Hall–Kier alpha value is -0.171. The van der Waals surface area contributed by atoms with Gasteiger partial charge in [-0.05, 0) is 0 Å². The maximum atomic E-state index is 9.96. The van der Waals surface area contributed by atoms with Crippen LogP contribution in [0.15, 0.2) is 24.4 Å². The molecule has 1 aromatic rings. The van der Waals surface area contributed by atoms with Gasteiger partial charge in [0.15, 0.2) is 0 Å². The van der Waals surface area contributed by atoms with Crippen LogP contribution in [0.25, 0.3) is 0 Å². The van der Waals surface area contributed by atoms with Crippen molar-refractivity contribution >= 4 is 25.1 Å². The molecule has 1 saturated heterocycles. The minimum atomic E-state index is -0.860. The second kappa shape index (κ2) is 6.13. The van der Waals surface area contributed by atoms with E-state index in [4.69, 9.17) is 5.73 Å². The second-order valence-corrected chi connectivity index (χ2v) is 8.71. The number of pyridine rings is 1. The molecule has 5 heteroatoms. The van der Waals surface area contributed by atoms with Gasteiger partial charge < -0.3 is 0 Å². The van der Waals surface area contributed by atoms with Crippen molar-refractivity contribution in [2.24, 2.45) is 11.7 Å². The molecule has 1 aliphatic rings. The predicted octanol–water partition coefficient (Wildman–Crippen LogP) is -0.644. The Morgan fingerprint density at radius 2 is 2.29 bits per heavy atom. The van der Waals surface area contributed by atoms with E-state index < -0.39 is 21.4 Å². The quantitative estimate of drug-likeness (QED) is 0.703. The SMILES string of the molecule is C[C@H]1C[C@H](N)[C@@H](O)C[N]([Sn][c]2ccccn2)C1. The Kier molecular flexibility index (Phi) is 4.78. The number of rotatable bonds is 2. The van der Waals surface area contributed by atoms with E-state index in [2.05, 4.69) is 21.1 Å². The fraction of sp³-hybridized carbons (Fsp3) is 0.583. The summed E-state index contributed by atoms with van der Waals surface area (Å²) in [5.41, 5.74) is 5.95. The summed E-state index contributed by atoms with van der Waals surface area (Å²) in [6.07, 6.45) is 2.38. The first-order chi connectivity index (χ1) is 8.15. The van der Waals surface area contributed by atoms with Crippen molar-refractivity contribution in [3.8, 4) is 0 Å². The van der Waals surface area contributed by atoms with Gasteiger partial charge in [-0.2, -0.15) is 0 Å². The zero-order valence-corrected chi connectivity index (χ0v) is 12.9. The van der Waals surface area contributed by atoms with Crippen LogP contribution in [0, 0.1) is 5.92 Å². The molecule has 0 aromatic carbocycles. The number of nitrogens with zero attached hydrogens (tertiary/aromatic N) is 2. The molecule has 17 heavy (non-hydrogen) atoms. The van der Waals surface area contributed by atoms with Gasteiger partial charge in [-0.15, -0.1) is 0 Å². The van der Waals surface area contributed by atoms with Gasteiger partial charge in [-0.25, -0.2) is 0 Å². The number of hydrogen-bond donors (Lipinski definition) is 2. The van der Waals surface area contributed by atoms with Crippen LogP contribution in [0.1, 0.15) is 13.3 Å². The molecule has 1 fully saturated rings. The van der Waals surface area contributed by atoms with Crippen molar-refractivity contribution in [1.29, 1.82) is 0 Å². The van der Waals surface area contributed by atoms with Gasteiger partial charge in [0.2, 0.25) is 0 Å². The Labute approximate surface area is 113 Å². The molecule has 2 radical (unpaired) electrons. The Morgan fingerprint density at radius 1 is 1.47 bits per heavy atom. The Morgan fingerprint density at radius 3 is 3.00 bits per heavy atom. The maximum absolute atomic E-state index is 9.96. The number of aliphatic hydroxyl groups excluding tert-OH is 1. The third-order valence-electron chi connectivity index (χ3n) is 3.05. The van der Waals surface area contributed by atoms with Crippen molar-refractivity contribution in [2.45, 2.75) is 25.5 Å². The van der Waals surface area contributed by atoms with Crippen molar-refractivity contribution in [3.63, 3.8) is 0 Å². The summed E-state index contributed by atoms with van der Waals surface area (Å²) < 4.78 is 3.62. The molecule has 1 aliphatic heterocycles. The normalized spacial score (nSPS) is 31.1. The predicted molar refractivity (Wildman–Crippen MR) is 69.0 cm³/mol. The number of nitrogens with two attached hydrogens (primary N) is 1. The average molecular weight is 340 g/mol. The molecule has 2 rings (SSSR count). The zero-order valence-electron chi connectivity index (χ0n) is 10.1. The monoisotopic (exact) mass is 341 g/mol. The van der Waals surface area contributed by atoms with Crippen LogP contribution in [0.2, 0.25) is 0 Å². The summed E-state index contributed by atoms with van der Waals surface area (Å²) in [6, 6.07) is 6.00.